The number of aromatic amines is 2. The summed E-state index contributed by atoms with van der Waals surface area (Å²) in [7, 11) is 0. The maximum absolute atomic E-state index is 14.6. The third-order valence-electron chi connectivity index (χ3n) is 7.74. The number of H-pyrrole nitrogens is 2. The van der Waals surface area contributed by atoms with Gasteiger partial charge in [-0.1, -0.05) is 37.5 Å². The predicted octanol–water partition coefficient (Wildman–Crippen LogP) is 6.67. The monoisotopic (exact) mass is 546 g/mol. The molecule has 0 saturated heterocycles. The Balaban J connectivity index is 1.20. The second-order valence-corrected chi connectivity index (χ2v) is 10.5. The van der Waals surface area contributed by atoms with E-state index in [9.17, 15) is 9.18 Å². The molecule has 0 unspecified atom stereocenters. The van der Waals surface area contributed by atoms with Crippen LogP contribution in [0.15, 0.2) is 67.3 Å². The number of halogens is 1. The fourth-order valence-corrected chi connectivity index (χ4v) is 5.69. The molecule has 1 aromatic carbocycles. The van der Waals surface area contributed by atoms with E-state index >= 15 is 0 Å². The van der Waals surface area contributed by atoms with Crippen LogP contribution in [0.1, 0.15) is 38.5 Å². The number of rotatable bonds is 6. The highest BCUT2D eigenvalue weighted by Gasteiger charge is 2.19. The smallest absolute Gasteiger partial charge is 0.224 e. The number of imidazole rings is 1. The van der Waals surface area contributed by atoms with Crippen LogP contribution in [0.5, 0.6) is 0 Å². The molecule has 5 aromatic heterocycles. The molecule has 1 aliphatic carbocycles. The van der Waals surface area contributed by atoms with Gasteiger partial charge in [-0.15, -0.1) is 0 Å². The van der Waals surface area contributed by atoms with Gasteiger partial charge < -0.3 is 10.3 Å². The Bertz CT molecular complexity index is 1890. The number of nitrogens with one attached hydrogen (secondary N) is 3. The third-order valence-corrected chi connectivity index (χ3v) is 7.74. The van der Waals surface area contributed by atoms with Gasteiger partial charge in [0, 0.05) is 47.3 Å². The predicted molar refractivity (Wildman–Crippen MR) is 155 cm³/mol. The average Bonchev–Trinajstić information content (AvgIpc) is 3.62. The van der Waals surface area contributed by atoms with Crippen molar-refractivity contribution in [2.45, 2.75) is 38.5 Å². The average molecular weight is 547 g/mol. The molecule has 6 aromatic rings. The van der Waals surface area contributed by atoms with E-state index in [0.29, 0.717) is 57.5 Å². The molecule has 1 fully saturated rings. The molecule has 0 aliphatic heterocycles. The highest BCUT2D eigenvalue weighted by molar-refractivity contribution is 5.96. The minimum absolute atomic E-state index is 0.0230. The third kappa shape index (κ3) is 4.93. The Labute approximate surface area is 234 Å². The standard InChI is InChI=1S/C31H27FN8O/c32-25-9-5-4-8-22(25)23-10-11-34-30-27(23)37-31(38-30)28-24-14-20(16-35-29(24)40-39-28)19-13-21(17-33-15-19)36-26(41)12-18-6-2-1-3-7-18/h4-5,8-11,13-18H,1-3,6-7,12H2,(H,36,41)(H,34,37,38)(H,35,39,40). The lowest BCUT2D eigenvalue weighted by atomic mass is 9.87. The van der Waals surface area contributed by atoms with Gasteiger partial charge in [0.05, 0.1) is 17.3 Å². The highest BCUT2D eigenvalue weighted by atomic mass is 19.1. The van der Waals surface area contributed by atoms with Crippen LogP contribution >= 0.6 is 0 Å². The summed E-state index contributed by atoms with van der Waals surface area (Å²) in [5, 5.41) is 11.2. The molecule has 1 amide bonds. The molecular formula is C31H27FN8O. The van der Waals surface area contributed by atoms with Crippen molar-refractivity contribution < 1.29 is 9.18 Å². The number of fused-ring (bicyclic) bond motifs is 2. The lowest BCUT2D eigenvalue weighted by Crippen LogP contribution is -2.18. The number of benzene rings is 1. The van der Waals surface area contributed by atoms with E-state index in [0.717, 1.165) is 29.4 Å². The van der Waals surface area contributed by atoms with Crippen molar-refractivity contribution in [3.05, 3.63) is 73.1 Å². The van der Waals surface area contributed by atoms with Gasteiger partial charge >= 0.3 is 0 Å². The van der Waals surface area contributed by atoms with Crippen LogP contribution in [0.25, 0.3) is 56.0 Å². The van der Waals surface area contributed by atoms with Crippen LogP contribution in [0, 0.1) is 11.7 Å². The van der Waals surface area contributed by atoms with Crippen LogP contribution in [-0.4, -0.2) is 41.0 Å². The van der Waals surface area contributed by atoms with E-state index in [-0.39, 0.29) is 11.7 Å². The molecule has 41 heavy (non-hydrogen) atoms. The number of aromatic nitrogens is 7. The van der Waals surface area contributed by atoms with E-state index in [4.69, 9.17) is 4.98 Å². The maximum Gasteiger partial charge on any atom is 0.224 e. The second kappa shape index (κ2) is 10.5. The van der Waals surface area contributed by atoms with Crippen LogP contribution in [-0.2, 0) is 4.79 Å². The summed E-state index contributed by atoms with van der Waals surface area (Å²) in [6.07, 6.45) is 13.2. The number of nitrogens with zero attached hydrogens (tertiary/aromatic N) is 5. The van der Waals surface area contributed by atoms with Gasteiger partial charge in [-0.25, -0.2) is 19.3 Å². The van der Waals surface area contributed by atoms with Crippen molar-refractivity contribution in [3.8, 4) is 33.8 Å². The van der Waals surface area contributed by atoms with Gasteiger partial charge in [0.1, 0.15) is 17.0 Å². The van der Waals surface area contributed by atoms with E-state index in [1.54, 1.807) is 49.1 Å². The number of pyridine rings is 3. The number of amides is 1. The Hall–Kier alpha value is -4.99. The molecular weight excluding hydrogens is 519 g/mol. The van der Waals surface area contributed by atoms with Crippen molar-refractivity contribution in [2.24, 2.45) is 5.92 Å². The molecule has 1 aliphatic rings. The minimum atomic E-state index is -0.329. The Morgan fingerprint density at radius 3 is 2.68 bits per heavy atom. The maximum atomic E-state index is 14.6. The summed E-state index contributed by atoms with van der Waals surface area (Å²) < 4.78 is 14.6. The van der Waals surface area contributed by atoms with Crippen molar-refractivity contribution in [3.63, 3.8) is 0 Å². The minimum Gasteiger partial charge on any atom is -0.325 e. The lowest BCUT2D eigenvalue weighted by molar-refractivity contribution is -0.117. The fraction of sp³-hybridized carbons (Fsp3) is 0.226. The Kier molecular flexibility index (Phi) is 6.42. The van der Waals surface area contributed by atoms with Gasteiger partial charge in [-0.3, -0.25) is 14.9 Å². The van der Waals surface area contributed by atoms with Crippen LogP contribution in [0.2, 0.25) is 0 Å². The lowest BCUT2D eigenvalue weighted by Gasteiger charge is -2.20. The molecule has 7 rings (SSSR count). The van der Waals surface area contributed by atoms with Crippen molar-refractivity contribution in [1.29, 1.82) is 0 Å². The van der Waals surface area contributed by atoms with Gasteiger partial charge in [0.25, 0.3) is 0 Å². The highest BCUT2D eigenvalue weighted by Crippen LogP contribution is 2.33. The first-order chi connectivity index (χ1) is 20.1. The number of hydrogen-bond donors (Lipinski definition) is 3. The van der Waals surface area contributed by atoms with Gasteiger partial charge in [-0.05, 0) is 43.0 Å². The summed E-state index contributed by atoms with van der Waals surface area (Å²) in [4.78, 5) is 34.0. The molecule has 9 nitrogen and oxygen atoms in total. The van der Waals surface area contributed by atoms with Crippen molar-refractivity contribution >= 4 is 33.8 Å². The van der Waals surface area contributed by atoms with Crippen molar-refractivity contribution in [2.75, 3.05) is 5.32 Å². The first kappa shape index (κ1) is 25.0. The van der Waals surface area contributed by atoms with E-state index in [2.05, 4.69) is 35.5 Å². The van der Waals surface area contributed by atoms with Crippen molar-refractivity contribution in [1.82, 2.24) is 35.1 Å². The zero-order chi connectivity index (χ0) is 27.8. The molecule has 0 bridgehead atoms. The van der Waals surface area contributed by atoms with Gasteiger partial charge in [-0.2, -0.15) is 5.10 Å². The largest absolute Gasteiger partial charge is 0.325 e. The van der Waals surface area contributed by atoms with Crippen LogP contribution in [0.4, 0.5) is 10.1 Å². The molecule has 0 radical (unpaired) electrons. The molecule has 10 heteroatoms. The number of carbonyl (C=O) groups is 1. The topological polar surface area (TPSA) is 125 Å². The molecule has 3 N–H and O–H groups in total. The summed E-state index contributed by atoms with van der Waals surface area (Å²) in [5.74, 6) is 0.644. The van der Waals surface area contributed by atoms with Gasteiger partial charge in [0.15, 0.2) is 17.1 Å². The van der Waals surface area contributed by atoms with E-state index < -0.39 is 0 Å². The first-order valence-corrected chi connectivity index (χ1v) is 13.8. The summed E-state index contributed by atoms with van der Waals surface area (Å²) in [6.45, 7) is 0. The molecule has 0 atom stereocenters. The summed E-state index contributed by atoms with van der Waals surface area (Å²) >= 11 is 0. The zero-order valence-electron chi connectivity index (χ0n) is 22.2. The number of anilines is 1. The molecule has 0 spiro atoms. The normalized spacial score (nSPS) is 14.1. The Morgan fingerprint density at radius 1 is 0.951 bits per heavy atom. The van der Waals surface area contributed by atoms with E-state index in [1.165, 1.54) is 25.3 Å². The summed E-state index contributed by atoms with van der Waals surface area (Å²) in [6, 6.07) is 12.2. The van der Waals surface area contributed by atoms with Crippen LogP contribution in [0.3, 0.4) is 0 Å². The Morgan fingerprint density at radius 2 is 1.80 bits per heavy atom. The van der Waals surface area contributed by atoms with Gasteiger partial charge in [0.2, 0.25) is 5.91 Å². The number of hydrogen-bond acceptors (Lipinski definition) is 6. The molecule has 204 valence electrons. The number of carbonyl (C=O) groups excluding carboxylic acids is 1. The van der Waals surface area contributed by atoms with Crippen LogP contribution < -0.4 is 5.32 Å². The summed E-state index contributed by atoms with van der Waals surface area (Å²) in [5.41, 5.74) is 5.62. The molecule has 5 heterocycles. The second-order valence-electron chi connectivity index (χ2n) is 10.5. The quantitative estimate of drug-likeness (QED) is 0.214. The molecule has 1 saturated carbocycles. The SMILES string of the molecule is O=C(CC1CCCCC1)Nc1cncc(-c2cnc3[nH]nc(-c4nc5c(-c6ccccc6F)ccnc5[nH]4)c3c2)c1. The fourth-order valence-electron chi connectivity index (χ4n) is 5.69. The first-order valence-electron chi connectivity index (χ1n) is 13.8. The van der Waals surface area contributed by atoms with E-state index in [1.807, 2.05) is 12.1 Å². The zero-order valence-corrected chi connectivity index (χ0v) is 22.2.